The van der Waals surface area contributed by atoms with Gasteiger partial charge in [-0.1, -0.05) is 0 Å². The highest BCUT2D eigenvalue weighted by atomic mass is 16.3. The van der Waals surface area contributed by atoms with Crippen LogP contribution in [0.5, 0.6) is 0 Å². The summed E-state index contributed by atoms with van der Waals surface area (Å²) in [5.41, 5.74) is 10.5. The number of rotatable bonds is 5. The number of nitrogen functional groups attached to an aromatic ring is 1. The van der Waals surface area contributed by atoms with Crippen LogP contribution in [0.3, 0.4) is 0 Å². The number of aliphatic hydroxyl groups excluding tert-OH is 1. The molecule has 2 aromatic rings. The smallest absolute Gasteiger partial charge is 0.257 e. The first-order valence-corrected chi connectivity index (χ1v) is 5.29. The average molecular weight is 264 g/mol. The second kappa shape index (κ2) is 5.27. The van der Waals surface area contributed by atoms with E-state index in [1.54, 1.807) is 18.5 Å². The lowest BCUT2D eigenvalue weighted by Crippen LogP contribution is -2.34. The minimum atomic E-state index is -1.34. The molecule has 10 heteroatoms. The molecule has 19 heavy (non-hydrogen) atoms. The number of nitrogens with one attached hydrogen (secondary N) is 1. The molecule has 0 fully saturated rings. The number of primary amides is 1. The van der Waals surface area contributed by atoms with Gasteiger partial charge in [-0.05, 0) is 6.07 Å². The van der Waals surface area contributed by atoms with Crippen LogP contribution in [0, 0.1) is 0 Å². The van der Waals surface area contributed by atoms with Crippen molar-refractivity contribution in [2.75, 3.05) is 17.6 Å². The number of amides is 1. The van der Waals surface area contributed by atoms with E-state index in [4.69, 9.17) is 11.5 Å². The van der Waals surface area contributed by atoms with Gasteiger partial charge in [-0.3, -0.25) is 4.79 Å². The monoisotopic (exact) mass is 264 g/mol. The van der Waals surface area contributed by atoms with Crippen molar-refractivity contribution in [3.8, 4) is 5.95 Å². The summed E-state index contributed by atoms with van der Waals surface area (Å²) < 4.78 is 1.40. The molecule has 1 unspecified atom stereocenters. The number of carbonyl (C=O) groups is 1. The SMILES string of the molecule is NC(=O)C(O)CNc1nc(N)nc(-n2cccn2)n1. The summed E-state index contributed by atoms with van der Waals surface area (Å²) in [5.74, 6) is -0.537. The van der Waals surface area contributed by atoms with E-state index in [2.05, 4.69) is 25.4 Å². The van der Waals surface area contributed by atoms with Gasteiger partial charge in [-0.25, -0.2) is 4.68 Å². The van der Waals surface area contributed by atoms with E-state index in [1.165, 1.54) is 4.68 Å². The number of aliphatic hydroxyl groups is 1. The zero-order valence-corrected chi connectivity index (χ0v) is 9.76. The highest BCUT2D eigenvalue weighted by Crippen LogP contribution is 2.06. The van der Waals surface area contributed by atoms with E-state index in [9.17, 15) is 9.90 Å². The van der Waals surface area contributed by atoms with Gasteiger partial charge >= 0.3 is 0 Å². The van der Waals surface area contributed by atoms with Gasteiger partial charge in [0.25, 0.3) is 5.95 Å². The quantitative estimate of drug-likeness (QED) is 0.478. The summed E-state index contributed by atoms with van der Waals surface area (Å²) in [4.78, 5) is 22.4. The Balaban J connectivity index is 2.16. The maximum absolute atomic E-state index is 10.7. The molecule has 0 radical (unpaired) electrons. The molecule has 0 saturated carbocycles. The number of carbonyl (C=O) groups excluding carboxylic acids is 1. The van der Waals surface area contributed by atoms with Crippen LogP contribution in [0.15, 0.2) is 18.5 Å². The van der Waals surface area contributed by atoms with E-state index in [0.717, 1.165) is 0 Å². The van der Waals surface area contributed by atoms with Gasteiger partial charge < -0.3 is 21.9 Å². The third-order valence-corrected chi connectivity index (χ3v) is 2.13. The Morgan fingerprint density at radius 3 is 2.89 bits per heavy atom. The van der Waals surface area contributed by atoms with Crippen LogP contribution in [0.2, 0.25) is 0 Å². The molecular formula is C9H12N8O2. The van der Waals surface area contributed by atoms with Crippen LogP contribution in [-0.2, 0) is 4.79 Å². The van der Waals surface area contributed by atoms with Gasteiger partial charge in [0.15, 0.2) is 0 Å². The van der Waals surface area contributed by atoms with Gasteiger partial charge in [-0.2, -0.15) is 20.1 Å². The topological polar surface area (TPSA) is 158 Å². The molecule has 1 amide bonds. The number of hydrogen-bond acceptors (Lipinski definition) is 8. The number of nitrogens with two attached hydrogens (primary N) is 2. The molecule has 0 aliphatic rings. The van der Waals surface area contributed by atoms with Crippen molar-refractivity contribution in [3.63, 3.8) is 0 Å². The van der Waals surface area contributed by atoms with E-state index in [0.29, 0.717) is 0 Å². The van der Waals surface area contributed by atoms with Crippen molar-refractivity contribution in [1.29, 1.82) is 0 Å². The van der Waals surface area contributed by atoms with Crippen molar-refractivity contribution in [3.05, 3.63) is 18.5 Å². The minimum absolute atomic E-state index is 0.0171. The Kier molecular flexibility index (Phi) is 3.52. The molecule has 6 N–H and O–H groups in total. The fourth-order valence-electron chi connectivity index (χ4n) is 1.24. The Hall–Kier alpha value is -2.75. The first-order valence-electron chi connectivity index (χ1n) is 5.29. The van der Waals surface area contributed by atoms with Gasteiger partial charge in [0.2, 0.25) is 17.8 Å². The molecule has 1 atom stereocenters. The fourth-order valence-corrected chi connectivity index (χ4v) is 1.24. The van der Waals surface area contributed by atoms with E-state index < -0.39 is 12.0 Å². The minimum Gasteiger partial charge on any atom is -0.381 e. The standard InChI is InChI=1S/C9H12N8O2/c10-6(19)5(18)4-12-8-14-7(11)15-9(16-8)17-3-1-2-13-17/h1-3,5,18H,4H2,(H2,10,19)(H3,11,12,14,15,16). The number of nitrogens with zero attached hydrogens (tertiary/aromatic N) is 5. The summed E-state index contributed by atoms with van der Waals surface area (Å²) in [6.07, 6.45) is 1.85. The zero-order chi connectivity index (χ0) is 13.8. The highest BCUT2D eigenvalue weighted by Gasteiger charge is 2.12. The number of anilines is 2. The maximum Gasteiger partial charge on any atom is 0.257 e. The molecule has 0 bridgehead atoms. The van der Waals surface area contributed by atoms with Gasteiger partial charge in [0, 0.05) is 12.4 Å². The molecule has 0 aliphatic carbocycles. The van der Waals surface area contributed by atoms with Crippen LogP contribution in [0.25, 0.3) is 5.95 Å². The molecular weight excluding hydrogens is 252 g/mol. The van der Waals surface area contributed by atoms with Crippen LogP contribution < -0.4 is 16.8 Å². The van der Waals surface area contributed by atoms with Crippen molar-refractivity contribution < 1.29 is 9.90 Å². The molecule has 2 aromatic heterocycles. The summed E-state index contributed by atoms with van der Waals surface area (Å²) in [6.45, 7) is -0.128. The Labute approximate surface area is 107 Å². The summed E-state index contributed by atoms with van der Waals surface area (Å²) in [5, 5.41) is 15.8. The normalized spacial score (nSPS) is 12.1. The zero-order valence-electron chi connectivity index (χ0n) is 9.76. The summed E-state index contributed by atoms with van der Waals surface area (Å²) in [6, 6.07) is 1.70. The molecule has 100 valence electrons. The van der Waals surface area contributed by atoms with Crippen LogP contribution >= 0.6 is 0 Å². The molecule has 0 aromatic carbocycles. The van der Waals surface area contributed by atoms with Crippen LogP contribution in [0.4, 0.5) is 11.9 Å². The van der Waals surface area contributed by atoms with E-state index >= 15 is 0 Å². The Bertz CT molecular complexity index is 570. The fraction of sp³-hybridized carbons (Fsp3) is 0.222. The molecule has 0 aliphatic heterocycles. The largest absolute Gasteiger partial charge is 0.381 e. The number of aromatic nitrogens is 5. The van der Waals surface area contributed by atoms with Crippen LogP contribution in [-0.4, -0.2) is 48.4 Å². The predicted molar refractivity (Wildman–Crippen MR) is 65.1 cm³/mol. The van der Waals surface area contributed by atoms with Gasteiger partial charge in [-0.15, -0.1) is 0 Å². The Morgan fingerprint density at radius 1 is 1.47 bits per heavy atom. The van der Waals surface area contributed by atoms with Crippen molar-refractivity contribution in [2.45, 2.75) is 6.10 Å². The first-order chi connectivity index (χ1) is 9.06. The predicted octanol–water partition coefficient (Wildman–Crippen LogP) is -2.10. The Morgan fingerprint density at radius 2 is 2.26 bits per heavy atom. The highest BCUT2D eigenvalue weighted by molar-refractivity contribution is 5.79. The first kappa shape index (κ1) is 12.7. The average Bonchev–Trinajstić information content (AvgIpc) is 2.89. The van der Waals surface area contributed by atoms with Crippen molar-refractivity contribution in [1.82, 2.24) is 24.7 Å². The van der Waals surface area contributed by atoms with Crippen LogP contribution in [0.1, 0.15) is 0 Å². The lowest BCUT2D eigenvalue weighted by atomic mass is 10.3. The van der Waals surface area contributed by atoms with Crippen molar-refractivity contribution >= 4 is 17.8 Å². The summed E-state index contributed by atoms with van der Waals surface area (Å²) in [7, 11) is 0. The lowest BCUT2D eigenvalue weighted by molar-refractivity contribution is -0.125. The van der Waals surface area contributed by atoms with E-state index in [1.807, 2.05) is 0 Å². The van der Waals surface area contributed by atoms with Gasteiger partial charge in [0.05, 0.1) is 6.54 Å². The molecule has 0 saturated heterocycles. The third kappa shape index (κ3) is 3.13. The molecule has 10 nitrogen and oxygen atoms in total. The second-order valence-corrected chi connectivity index (χ2v) is 3.57. The second-order valence-electron chi connectivity index (χ2n) is 3.57. The maximum atomic E-state index is 10.7. The van der Waals surface area contributed by atoms with Gasteiger partial charge in [0.1, 0.15) is 6.10 Å². The van der Waals surface area contributed by atoms with E-state index in [-0.39, 0.29) is 24.4 Å². The molecule has 2 heterocycles. The number of hydrogen-bond donors (Lipinski definition) is 4. The molecule has 0 spiro atoms. The lowest BCUT2D eigenvalue weighted by Gasteiger charge is -2.09. The third-order valence-electron chi connectivity index (χ3n) is 2.13. The summed E-state index contributed by atoms with van der Waals surface area (Å²) >= 11 is 0. The van der Waals surface area contributed by atoms with Crippen molar-refractivity contribution in [2.24, 2.45) is 5.73 Å². The molecule has 2 rings (SSSR count).